The molecule has 1 saturated heterocycles. The Morgan fingerprint density at radius 3 is 2.41 bits per heavy atom. The summed E-state index contributed by atoms with van der Waals surface area (Å²) >= 11 is 3.31. The van der Waals surface area contributed by atoms with Crippen LogP contribution in [0.3, 0.4) is 0 Å². The fourth-order valence-corrected chi connectivity index (χ4v) is 2.42. The number of anilines is 1. The molecule has 17 heavy (non-hydrogen) atoms. The second kappa shape index (κ2) is 4.22. The molecule has 1 aromatic rings. The number of piperidine rings is 1. The van der Waals surface area contributed by atoms with Crippen molar-refractivity contribution in [3.63, 3.8) is 0 Å². The van der Waals surface area contributed by atoms with Crippen molar-refractivity contribution in [2.75, 3.05) is 4.90 Å². The summed E-state index contributed by atoms with van der Waals surface area (Å²) in [5, 5.41) is 0. The summed E-state index contributed by atoms with van der Waals surface area (Å²) in [5.41, 5.74) is 0.329. The third kappa shape index (κ3) is 2.39. The molecule has 1 aromatic heterocycles. The van der Waals surface area contributed by atoms with Crippen LogP contribution in [0.25, 0.3) is 0 Å². The van der Waals surface area contributed by atoms with Crippen molar-refractivity contribution >= 4 is 33.4 Å². The first kappa shape index (κ1) is 12.2. The highest BCUT2D eigenvalue weighted by Gasteiger charge is 2.38. The lowest BCUT2D eigenvalue weighted by Crippen LogP contribution is -2.46. The van der Waals surface area contributed by atoms with Gasteiger partial charge in [-0.1, -0.05) is 13.8 Å². The van der Waals surface area contributed by atoms with Gasteiger partial charge in [-0.25, -0.2) is 4.90 Å². The first-order valence-electron chi connectivity index (χ1n) is 5.36. The minimum Gasteiger partial charge on any atom is -0.274 e. The zero-order valence-electron chi connectivity index (χ0n) is 9.74. The molecule has 1 aliphatic rings. The van der Waals surface area contributed by atoms with Gasteiger partial charge in [0.1, 0.15) is 0 Å². The molecule has 0 atom stereocenters. The lowest BCUT2D eigenvalue weighted by Gasteiger charge is -2.34. The predicted octanol–water partition coefficient (Wildman–Crippen LogP) is 2.52. The first-order chi connectivity index (χ1) is 7.91. The van der Waals surface area contributed by atoms with E-state index in [9.17, 15) is 9.59 Å². The number of pyridine rings is 1. The molecule has 2 rings (SSSR count). The van der Waals surface area contributed by atoms with Crippen LogP contribution in [0.4, 0.5) is 5.69 Å². The summed E-state index contributed by atoms with van der Waals surface area (Å²) in [7, 11) is 0. The molecule has 1 aliphatic heterocycles. The zero-order chi connectivity index (χ0) is 12.6. The molecule has 0 aliphatic carbocycles. The van der Waals surface area contributed by atoms with Crippen molar-refractivity contribution < 1.29 is 9.59 Å². The molecular weight excluding hydrogens is 284 g/mol. The Kier molecular flexibility index (Phi) is 3.03. The number of halogens is 1. The number of aromatic nitrogens is 1. The monoisotopic (exact) mass is 296 g/mol. The van der Waals surface area contributed by atoms with Gasteiger partial charge >= 0.3 is 0 Å². The first-order valence-corrected chi connectivity index (χ1v) is 6.15. The van der Waals surface area contributed by atoms with Crippen LogP contribution in [0.1, 0.15) is 26.7 Å². The average Bonchev–Trinajstić information content (AvgIpc) is 2.17. The van der Waals surface area contributed by atoms with E-state index < -0.39 is 0 Å². The van der Waals surface area contributed by atoms with E-state index >= 15 is 0 Å². The van der Waals surface area contributed by atoms with Gasteiger partial charge in [0.05, 0.1) is 10.2 Å². The highest BCUT2D eigenvalue weighted by atomic mass is 79.9. The largest absolute Gasteiger partial charge is 0.274 e. The van der Waals surface area contributed by atoms with Gasteiger partial charge in [0.25, 0.3) is 0 Å². The summed E-state index contributed by atoms with van der Waals surface area (Å²) in [6.45, 7) is 3.86. The van der Waals surface area contributed by atoms with E-state index in [2.05, 4.69) is 20.9 Å². The highest BCUT2D eigenvalue weighted by molar-refractivity contribution is 9.10. The Morgan fingerprint density at radius 1 is 1.29 bits per heavy atom. The predicted molar refractivity (Wildman–Crippen MR) is 67.4 cm³/mol. The molecule has 0 N–H and O–H groups in total. The van der Waals surface area contributed by atoms with Crippen molar-refractivity contribution in [2.45, 2.75) is 26.7 Å². The van der Waals surface area contributed by atoms with Crippen LogP contribution in [0.2, 0.25) is 0 Å². The smallest absolute Gasteiger partial charge is 0.234 e. The fraction of sp³-hybridized carbons (Fsp3) is 0.417. The fourth-order valence-electron chi connectivity index (χ4n) is 2.00. The van der Waals surface area contributed by atoms with Crippen molar-refractivity contribution in [3.05, 3.63) is 22.9 Å². The maximum absolute atomic E-state index is 12.0. The molecule has 0 aromatic carbocycles. The standard InChI is InChI=1S/C12H13BrN2O2/c1-12(2)5-10(16)15(11(17)6-12)9-3-4-14-7-8(9)13/h3-4,7H,5-6H2,1-2H3. The van der Waals surface area contributed by atoms with Crippen LogP contribution in [0.15, 0.2) is 22.9 Å². The third-order valence-corrected chi connectivity index (χ3v) is 3.36. The van der Waals surface area contributed by atoms with Gasteiger partial charge in [-0.05, 0) is 27.4 Å². The maximum Gasteiger partial charge on any atom is 0.234 e. The van der Waals surface area contributed by atoms with Crippen molar-refractivity contribution in [3.8, 4) is 0 Å². The van der Waals surface area contributed by atoms with Gasteiger partial charge in [-0.15, -0.1) is 0 Å². The van der Waals surface area contributed by atoms with E-state index in [1.165, 1.54) is 4.90 Å². The summed E-state index contributed by atoms with van der Waals surface area (Å²) in [4.78, 5) is 29.2. The Bertz CT molecular complexity index is 465. The summed E-state index contributed by atoms with van der Waals surface area (Å²) < 4.78 is 0.654. The minimum atomic E-state index is -0.246. The number of hydrogen-bond acceptors (Lipinski definition) is 3. The molecular formula is C12H13BrN2O2. The highest BCUT2D eigenvalue weighted by Crippen LogP contribution is 2.36. The molecule has 5 heteroatoms. The topological polar surface area (TPSA) is 50.3 Å². The molecule has 0 saturated carbocycles. The van der Waals surface area contributed by atoms with Gasteiger partial charge in [-0.3, -0.25) is 14.6 Å². The van der Waals surface area contributed by atoms with Crippen LogP contribution in [0, 0.1) is 5.41 Å². The van der Waals surface area contributed by atoms with Gasteiger partial charge < -0.3 is 0 Å². The lowest BCUT2D eigenvalue weighted by atomic mass is 9.81. The molecule has 90 valence electrons. The van der Waals surface area contributed by atoms with Crippen molar-refractivity contribution in [1.29, 1.82) is 0 Å². The number of amides is 2. The van der Waals surface area contributed by atoms with E-state index in [0.717, 1.165) is 0 Å². The lowest BCUT2D eigenvalue weighted by molar-refractivity contribution is -0.132. The summed E-state index contributed by atoms with van der Waals surface area (Å²) in [6, 6.07) is 1.66. The van der Waals surface area contributed by atoms with E-state index in [0.29, 0.717) is 23.0 Å². The van der Waals surface area contributed by atoms with Gasteiger partial charge in [-0.2, -0.15) is 0 Å². The number of rotatable bonds is 1. The Balaban J connectivity index is 2.38. The van der Waals surface area contributed by atoms with Crippen LogP contribution >= 0.6 is 15.9 Å². The molecule has 0 radical (unpaired) electrons. The summed E-state index contributed by atoms with van der Waals surface area (Å²) in [5.74, 6) is -0.309. The maximum atomic E-state index is 12.0. The quantitative estimate of drug-likeness (QED) is 0.748. The van der Waals surface area contributed by atoms with Crippen LogP contribution < -0.4 is 4.90 Å². The van der Waals surface area contributed by atoms with E-state index in [4.69, 9.17) is 0 Å². The Hall–Kier alpha value is -1.23. The number of imide groups is 1. The molecule has 1 fully saturated rings. The number of carbonyl (C=O) groups excluding carboxylic acids is 2. The zero-order valence-corrected chi connectivity index (χ0v) is 11.3. The second-order valence-electron chi connectivity index (χ2n) is 4.97. The molecule has 0 unspecified atom stereocenters. The normalized spacial score (nSPS) is 19.6. The molecule has 4 nitrogen and oxygen atoms in total. The van der Waals surface area contributed by atoms with Crippen molar-refractivity contribution in [2.24, 2.45) is 5.41 Å². The molecule has 2 heterocycles. The van der Waals surface area contributed by atoms with Gasteiger partial charge in [0.2, 0.25) is 11.8 Å². The van der Waals surface area contributed by atoms with E-state index in [-0.39, 0.29) is 17.2 Å². The van der Waals surface area contributed by atoms with Gasteiger partial charge in [0.15, 0.2) is 0 Å². The van der Waals surface area contributed by atoms with Crippen LogP contribution in [0.5, 0.6) is 0 Å². The Morgan fingerprint density at radius 2 is 1.88 bits per heavy atom. The van der Waals surface area contributed by atoms with E-state index in [1.54, 1.807) is 18.5 Å². The van der Waals surface area contributed by atoms with Crippen molar-refractivity contribution in [1.82, 2.24) is 4.98 Å². The SMILES string of the molecule is CC1(C)CC(=O)N(c2ccncc2Br)C(=O)C1. The average molecular weight is 297 g/mol. The number of carbonyl (C=O) groups is 2. The second-order valence-corrected chi connectivity index (χ2v) is 5.82. The Labute approximate surface area is 108 Å². The molecule has 2 amide bonds. The van der Waals surface area contributed by atoms with Crippen LogP contribution in [-0.4, -0.2) is 16.8 Å². The molecule has 0 spiro atoms. The third-order valence-electron chi connectivity index (χ3n) is 2.75. The van der Waals surface area contributed by atoms with Crippen LogP contribution in [-0.2, 0) is 9.59 Å². The summed E-state index contributed by atoms with van der Waals surface area (Å²) in [6.07, 6.45) is 3.91. The van der Waals surface area contributed by atoms with E-state index in [1.807, 2.05) is 13.8 Å². The molecule has 0 bridgehead atoms. The number of hydrogen-bond donors (Lipinski definition) is 0. The van der Waals surface area contributed by atoms with Gasteiger partial charge in [0, 0.05) is 25.2 Å². The minimum absolute atomic E-state index is 0.154. The number of nitrogens with zero attached hydrogens (tertiary/aromatic N) is 2.